The van der Waals surface area contributed by atoms with Gasteiger partial charge in [0.25, 0.3) is 5.91 Å². The number of halogens is 4. The summed E-state index contributed by atoms with van der Waals surface area (Å²) in [5.74, 6) is 0.719. The number of carbonyl (C=O) groups excluding carboxylic acids is 1. The second-order valence-corrected chi connectivity index (χ2v) is 7.16. The van der Waals surface area contributed by atoms with Crippen molar-refractivity contribution in [1.29, 1.82) is 0 Å². The van der Waals surface area contributed by atoms with Crippen LogP contribution in [0.1, 0.15) is 35.7 Å². The van der Waals surface area contributed by atoms with E-state index in [1.807, 2.05) is 0 Å². The van der Waals surface area contributed by atoms with Crippen LogP contribution in [0, 0.1) is 5.92 Å². The van der Waals surface area contributed by atoms with Gasteiger partial charge in [-0.25, -0.2) is 4.98 Å². The van der Waals surface area contributed by atoms with Crippen LogP contribution in [0.15, 0.2) is 36.5 Å². The highest BCUT2D eigenvalue weighted by Crippen LogP contribution is 2.37. The Labute approximate surface area is 160 Å². The van der Waals surface area contributed by atoms with E-state index in [-0.39, 0.29) is 22.4 Å². The van der Waals surface area contributed by atoms with Crippen LogP contribution in [0.25, 0.3) is 0 Å². The van der Waals surface area contributed by atoms with Gasteiger partial charge in [-0.15, -0.1) is 0 Å². The lowest BCUT2D eigenvalue weighted by Crippen LogP contribution is -2.37. The Morgan fingerprint density at radius 2 is 1.93 bits per heavy atom. The van der Waals surface area contributed by atoms with Crippen LogP contribution in [0.3, 0.4) is 0 Å². The Morgan fingerprint density at radius 1 is 1.22 bits per heavy atom. The largest absolute Gasteiger partial charge is 0.418 e. The Balaban J connectivity index is 1.74. The van der Waals surface area contributed by atoms with E-state index >= 15 is 0 Å². The molecule has 2 heterocycles. The van der Waals surface area contributed by atoms with Gasteiger partial charge in [0.05, 0.1) is 16.8 Å². The second-order valence-electron chi connectivity index (χ2n) is 6.72. The molecule has 2 aromatic rings. The molecule has 8 heteroatoms. The molecule has 0 bridgehead atoms. The zero-order valence-corrected chi connectivity index (χ0v) is 15.4. The molecule has 0 atom stereocenters. The zero-order chi connectivity index (χ0) is 19.6. The van der Waals surface area contributed by atoms with Crippen LogP contribution in [-0.2, 0) is 6.18 Å². The van der Waals surface area contributed by atoms with Crippen molar-refractivity contribution >= 4 is 29.0 Å². The predicted molar refractivity (Wildman–Crippen MR) is 98.3 cm³/mol. The van der Waals surface area contributed by atoms with Crippen molar-refractivity contribution in [3.8, 4) is 0 Å². The Kier molecular flexibility index (Phi) is 5.60. The molecule has 0 aliphatic carbocycles. The van der Waals surface area contributed by atoms with Crippen molar-refractivity contribution in [2.45, 2.75) is 25.9 Å². The highest BCUT2D eigenvalue weighted by atomic mass is 35.5. The number of aromatic nitrogens is 1. The first-order chi connectivity index (χ1) is 12.7. The number of piperidine rings is 1. The third kappa shape index (κ3) is 4.71. The van der Waals surface area contributed by atoms with E-state index in [1.54, 1.807) is 11.0 Å². The lowest BCUT2D eigenvalue weighted by atomic mass is 9.99. The number of amides is 1. The monoisotopic (exact) mass is 397 g/mol. The first-order valence-electron chi connectivity index (χ1n) is 8.63. The molecule has 4 nitrogen and oxygen atoms in total. The summed E-state index contributed by atoms with van der Waals surface area (Å²) < 4.78 is 39.5. The summed E-state index contributed by atoms with van der Waals surface area (Å²) in [5.41, 5.74) is -0.606. The van der Waals surface area contributed by atoms with Gasteiger partial charge in [-0.2, -0.15) is 13.2 Å². The number of pyridine rings is 1. The number of hydrogen-bond donors (Lipinski definition) is 1. The van der Waals surface area contributed by atoms with Crippen molar-refractivity contribution in [1.82, 2.24) is 9.88 Å². The van der Waals surface area contributed by atoms with Crippen LogP contribution in [0.4, 0.5) is 24.7 Å². The summed E-state index contributed by atoms with van der Waals surface area (Å²) in [4.78, 5) is 18.4. The van der Waals surface area contributed by atoms with Gasteiger partial charge < -0.3 is 10.2 Å². The number of likely N-dealkylation sites (tertiary alicyclic amines) is 1. The molecule has 0 spiro atoms. The number of alkyl halides is 3. The van der Waals surface area contributed by atoms with E-state index in [1.165, 1.54) is 24.4 Å². The van der Waals surface area contributed by atoms with Gasteiger partial charge in [-0.3, -0.25) is 4.79 Å². The fourth-order valence-corrected chi connectivity index (χ4v) is 3.16. The van der Waals surface area contributed by atoms with Crippen LogP contribution >= 0.6 is 11.6 Å². The number of anilines is 2. The van der Waals surface area contributed by atoms with Gasteiger partial charge in [0, 0.05) is 24.3 Å². The number of rotatable bonds is 3. The van der Waals surface area contributed by atoms with Gasteiger partial charge in [0.15, 0.2) is 0 Å². The molecule has 1 aromatic heterocycles. The average molecular weight is 398 g/mol. The molecular formula is C19H19ClF3N3O. The zero-order valence-electron chi connectivity index (χ0n) is 14.7. The molecule has 1 aromatic carbocycles. The third-order valence-electron chi connectivity index (χ3n) is 4.63. The minimum atomic E-state index is -4.55. The van der Waals surface area contributed by atoms with Gasteiger partial charge >= 0.3 is 6.18 Å². The fourth-order valence-electron chi connectivity index (χ4n) is 2.99. The van der Waals surface area contributed by atoms with Gasteiger partial charge in [0.1, 0.15) is 5.82 Å². The van der Waals surface area contributed by atoms with Gasteiger partial charge in [-0.1, -0.05) is 18.5 Å². The molecule has 1 amide bonds. The molecule has 0 unspecified atom stereocenters. The first kappa shape index (κ1) is 19.5. The fraction of sp³-hybridized carbons (Fsp3) is 0.368. The van der Waals surface area contributed by atoms with Crippen LogP contribution < -0.4 is 5.32 Å². The summed E-state index contributed by atoms with van der Waals surface area (Å²) in [6.45, 7) is 3.58. The van der Waals surface area contributed by atoms with Crippen molar-refractivity contribution in [2.24, 2.45) is 5.92 Å². The van der Waals surface area contributed by atoms with E-state index in [0.29, 0.717) is 24.6 Å². The molecule has 0 radical (unpaired) electrons. The van der Waals surface area contributed by atoms with E-state index in [4.69, 9.17) is 11.6 Å². The smallest absolute Gasteiger partial charge is 0.340 e. The standard InChI is InChI=1S/C19H19ClF3N3O/c1-12-6-8-26(9-7-12)18(27)13-2-5-17(24-11-13)25-16-4-3-14(20)10-15(16)19(21,22)23/h2-5,10-12H,6-9H2,1H3,(H,24,25). The van der Waals surface area contributed by atoms with Crippen molar-refractivity contribution in [3.05, 3.63) is 52.7 Å². The molecule has 1 aliphatic heterocycles. The van der Waals surface area contributed by atoms with Crippen molar-refractivity contribution in [2.75, 3.05) is 18.4 Å². The second kappa shape index (κ2) is 7.76. The summed E-state index contributed by atoms with van der Waals surface area (Å²) in [5, 5.41) is 2.64. The summed E-state index contributed by atoms with van der Waals surface area (Å²) >= 11 is 5.68. The molecule has 27 heavy (non-hydrogen) atoms. The normalized spacial score (nSPS) is 15.7. The maximum atomic E-state index is 13.2. The number of carbonyl (C=O) groups is 1. The quantitative estimate of drug-likeness (QED) is 0.757. The van der Waals surface area contributed by atoms with Crippen LogP contribution in [0.5, 0.6) is 0 Å². The lowest BCUT2D eigenvalue weighted by Gasteiger charge is -2.30. The van der Waals surface area contributed by atoms with Gasteiger partial charge in [0.2, 0.25) is 0 Å². The SMILES string of the molecule is CC1CCN(C(=O)c2ccc(Nc3ccc(Cl)cc3C(F)(F)F)nc2)CC1. The number of nitrogens with zero attached hydrogens (tertiary/aromatic N) is 2. The minimum Gasteiger partial charge on any atom is -0.340 e. The number of hydrogen-bond acceptors (Lipinski definition) is 3. The molecule has 1 N–H and O–H groups in total. The first-order valence-corrected chi connectivity index (χ1v) is 9.01. The molecule has 3 rings (SSSR count). The number of nitrogens with one attached hydrogen (secondary N) is 1. The summed E-state index contributed by atoms with van der Waals surface area (Å²) in [6.07, 6.45) is -1.23. The lowest BCUT2D eigenvalue weighted by molar-refractivity contribution is -0.136. The number of benzene rings is 1. The summed E-state index contributed by atoms with van der Waals surface area (Å²) in [6, 6.07) is 6.54. The maximum absolute atomic E-state index is 13.2. The highest BCUT2D eigenvalue weighted by Gasteiger charge is 2.34. The molecule has 0 saturated carbocycles. The van der Waals surface area contributed by atoms with Gasteiger partial charge in [-0.05, 0) is 49.1 Å². The van der Waals surface area contributed by atoms with Crippen molar-refractivity contribution < 1.29 is 18.0 Å². The molecule has 1 saturated heterocycles. The Hall–Kier alpha value is -2.28. The molecule has 1 aliphatic rings. The van der Waals surface area contributed by atoms with E-state index in [9.17, 15) is 18.0 Å². The topological polar surface area (TPSA) is 45.2 Å². The van der Waals surface area contributed by atoms with E-state index < -0.39 is 11.7 Å². The Morgan fingerprint density at radius 3 is 2.52 bits per heavy atom. The van der Waals surface area contributed by atoms with Crippen molar-refractivity contribution in [3.63, 3.8) is 0 Å². The van der Waals surface area contributed by atoms with Crippen LogP contribution in [-0.4, -0.2) is 28.9 Å². The van der Waals surface area contributed by atoms with Crippen LogP contribution in [0.2, 0.25) is 5.02 Å². The predicted octanol–water partition coefficient (Wildman–Crippen LogP) is 5.37. The maximum Gasteiger partial charge on any atom is 0.418 e. The average Bonchev–Trinajstić information content (AvgIpc) is 2.63. The third-order valence-corrected chi connectivity index (χ3v) is 4.87. The molecule has 144 valence electrons. The van der Waals surface area contributed by atoms with E-state index in [0.717, 1.165) is 18.9 Å². The molecule has 1 fully saturated rings. The Bertz CT molecular complexity index is 816. The highest BCUT2D eigenvalue weighted by molar-refractivity contribution is 6.30. The molecular weight excluding hydrogens is 379 g/mol. The van der Waals surface area contributed by atoms with E-state index in [2.05, 4.69) is 17.2 Å². The summed E-state index contributed by atoms with van der Waals surface area (Å²) in [7, 11) is 0. The minimum absolute atomic E-state index is 0.00220.